The molecule has 0 fully saturated rings. The molecule has 0 aromatic carbocycles. The Labute approximate surface area is 75.2 Å². The molecule has 0 heterocycles. The van der Waals surface area contributed by atoms with E-state index in [0.29, 0.717) is 18.1 Å². The first-order valence-electron chi connectivity index (χ1n) is 3.81. The molecule has 0 saturated carbocycles. The number of carbonyl (C=O) groups is 2. The highest BCUT2D eigenvalue weighted by atomic mass is 16.3. The summed E-state index contributed by atoms with van der Waals surface area (Å²) in [5.74, 6) is -0.859. The van der Waals surface area contributed by atoms with Gasteiger partial charge in [0.1, 0.15) is 18.2 Å². The Bertz CT molecular complexity index is 279. The highest BCUT2D eigenvalue weighted by molar-refractivity contribution is 5.80. The Hall–Kier alpha value is -1.26. The predicted octanol–water partition coefficient (Wildman–Crippen LogP) is -0.780. The van der Waals surface area contributed by atoms with Gasteiger partial charge in [-0.1, -0.05) is 12.2 Å². The molecule has 4 nitrogen and oxygen atoms in total. The molecule has 0 bridgehead atoms. The fourth-order valence-corrected chi connectivity index (χ4v) is 1.15. The van der Waals surface area contributed by atoms with Gasteiger partial charge in [-0.15, -0.1) is 0 Å². The van der Waals surface area contributed by atoms with Gasteiger partial charge in [-0.3, -0.25) is 4.79 Å². The first-order valence-corrected chi connectivity index (χ1v) is 3.81. The van der Waals surface area contributed by atoms with Gasteiger partial charge in [-0.25, -0.2) is 0 Å². The van der Waals surface area contributed by atoms with Gasteiger partial charge in [-0.2, -0.15) is 0 Å². The summed E-state index contributed by atoms with van der Waals surface area (Å²) in [7, 11) is 0. The van der Waals surface area contributed by atoms with Crippen LogP contribution in [0, 0.1) is 5.92 Å². The summed E-state index contributed by atoms with van der Waals surface area (Å²) in [6.45, 7) is -0.546. The van der Waals surface area contributed by atoms with Crippen LogP contribution in [0.5, 0.6) is 0 Å². The Morgan fingerprint density at radius 2 is 2.23 bits per heavy atom. The summed E-state index contributed by atoms with van der Waals surface area (Å²) in [6.07, 6.45) is 5.06. The molecule has 2 atom stereocenters. The molecule has 4 heteroatoms. The fourth-order valence-electron chi connectivity index (χ4n) is 1.15. The number of allylic oxidation sites excluding steroid dienone is 2. The summed E-state index contributed by atoms with van der Waals surface area (Å²) in [5.41, 5.74) is -1.23. The predicted molar refractivity (Wildman–Crippen MR) is 44.9 cm³/mol. The van der Waals surface area contributed by atoms with E-state index in [1.54, 1.807) is 0 Å². The van der Waals surface area contributed by atoms with Crippen LogP contribution < -0.4 is 0 Å². The van der Waals surface area contributed by atoms with Gasteiger partial charge >= 0.3 is 0 Å². The molecule has 2 unspecified atom stereocenters. The van der Waals surface area contributed by atoms with E-state index in [4.69, 9.17) is 5.11 Å². The van der Waals surface area contributed by atoms with Gasteiger partial charge in [0.05, 0.1) is 12.5 Å². The second-order valence-corrected chi connectivity index (χ2v) is 2.93. The second-order valence-electron chi connectivity index (χ2n) is 2.93. The van der Waals surface area contributed by atoms with E-state index in [2.05, 4.69) is 0 Å². The topological polar surface area (TPSA) is 74.6 Å². The van der Waals surface area contributed by atoms with Crippen LogP contribution in [-0.2, 0) is 9.59 Å². The summed E-state index contributed by atoms with van der Waals surface area (Å²) in [6, 6.07) is 0. The van der Waals surface area contributed by atoms with E-state index in [9.17, 15) is 14.7 Å². The van der Waals surface area contributed by atoms with E-state index in [1.807, 2.05) is 0 Å². The van der Waals surface area contributed by atoms with Crippen molar-refractivity contribution in [1.29, 1.82) is 0 Å². The van der Waals surface area contributed by atoms with Crippen molar-refractivity contribution in [3.05, 3.63) is 23.8 Å². The van der Waals surface area contributed by atoms with Gasteiger partial charge in [0, 0.05) is 5.57 Å². The van der Waals surface area contributed by atoms with Crippen LogP contribution in [0.4, 0.5) is 0 Å². The largest absolute Gasteiger partial charge is 0.393 e. The van der Waals surface area contributed by atoms with Crippen LogP contribution in [0.1, 0.15) is 0 Å². The number of hydrogen-bond donors (Lipinski definition) is 2. The quantitative estimate of drug-likeness (QED) is 0.561. The van der Waals surface area contributed by atoms with Gasteiger partial charge in [-0.05, 0) is 6.08 Å². The van der Waals surface area contributed by atoms with Gasteiger partial charge < -0.3 is 15.0 Å². The van der Waals surface area contributed by atoms with E-state index >= 15 is 0 Å². The number of aliphatic hydroxyl groups is 2. The maximum Gasteiger partial charge on any atom is 0.149 e. The summed E-state index contributed by atoms with van der Waals surface area (Å²) < 4.78 is 0. The number of carbonyl (C=O) groups excluding carboxylic acids is 2. The van der Waals surface area contributed by atoms with Crippen molar-refractivity contribution in [1.82, 2.24) is 0 Å². The van der Waals surface area contributed by atoms with Crippen molar-refractivity contribution in [2.75, 3.05) is 6.61 Å². The molecule has 0 saturated heterocycles. The number of hydrogen-bond acceptors (Lipinski definition) is 4. The first-order chi connectivity index (χ1) is 6.16. The van der Waals surface area contributed by atoms with Crippen LogP contribution in [0.3, 0.4) is 0 Å². The molecule has 0 aliphatic heterocycles. The highest BCUT2D eigenvalue weighted by Crippen LogP contribution is 2.24. The third kappa shape index (κ3) is 1.74. The molecular formula is C9H10O4. The lowest BCUT2D eigenvalue weighted by Gasteiger charge is -2.28. The Morgan fingerprint density at radius 3 is 2.69 bits per heavy atom. The van der Waals surface area contributed by atoms with E-state index in [-0.39, 0.29) is 0 Å². The Balaban J connectivity index is 2.98. The summed E-state index contributed by atoms with van der Waals surface area (Å²) >= 11 is 0. The molecule has 0 aromatic heterocycles. The highest BCUT2D eigenvalue weighted by Gasteiger charge is 2.34. The number of aliphatic hydroxyl groups excluding tert-OH is 1. The molecule has 1 aliphatic carbocycles. The van der Waals surface area contributed by atoms with Crippen LogP contribution >= 0.6 is 0 Å². The lowest BCUT2D eigenvalue weighted by Crippen LogP contribution is -2.41. The van der Waals surface area contributed by atoms with E-state index < -0.39 is 18.1 Å². The van der Waals surface area contributed by atoms with Crippen LogP contribution in [-0.4, -0.2) is 35.0 Å². The summed E-state index contributed by atoms with van der Waals surface area (Å²) in [4.78, 5) is 20.9. The SMILES string of the molecule is O=CC1=CC(C=O)C(O)(CO)C=C1. The molecule has 13 heavy (non-hydrogen) atoms. The average Bonchev–Trinajstić information content (AvgIpc) is 2.18. The molecule has 1 rings (SSSR count). The standard InChI is InChI=1S/C9H10O4/c10-4-7-1-2-9(13,6-12)8(3-7)5-11/h1-5,8,12-13H,6H2. The zero-order chi connectivity index (χ0) is 9.90. The molecule has 1 aliphatic rings. The maximum absolute atomic E-state index is 10.5. The van der Waals surface area contributed by atoms with E-state index in [0.717, 1.165) is 0 Å². The lowest BCUT2D eigenvalue weighted by molar-refractivity contribution is -0.116. The second kappa shape index (κ2) is 3.64. The van der Waals surface area contributed by atoms with Crippen molar-refractivity contribution < 1.29 is 19.8 Å². The first kappa shape index (κ1) is 9.83. The third-order valence-corrected chi connectivity index (χ3v) is 2.05. The molecule has 0 aromatic rings. The smallest absolute Gasteiger partial charge is 0.149 e. The zero-order valence-corrected chi connectivity index (χ0v) is 6.88. The van der Waals surface area contributed by atoms with Crippen molar-refractivity contribution in [2.45, 2.75) is 5.60 Å². The van der Waals surface area contributed by atoms with Gasteiger partial charge in [0.15, 0.2) is 0 Å². The lowest BCUT2D eigenvalue weighted by atomic mass is 9.83. The van der Waals surface area contributed by atoms with E-state index in [1.165, 1.54) is 18.2 Å². The van der Waals surface area contributed by atoms with Crippen molar-refractivity contribution in [3.8, 4) is 0 Å². The van der Waals surface area contributed by atoms with Gasteiger partial charge in [0.2, 0.25) is 0 Å². The summed E-state index contributed by atoms with van der Waals surface area (Å²) in [5, 5.41) is 18.5. The molecular weight excluding hydrogens is 172 g/mol. The maximum atomic E-state index is 10.5. The van der Waals surface area contributed by atoms with Crippen LogP contribution in [0.15, 0.2) is 23.8 Å². The average molecular weight is 182 g/mol. The zero-order valence-electron chi connectivity index (χ0n) is 6.88. The molecule has 0 radical (unpaired) electrons. The molecule has 0 amide bonds. The van der Waals surface area contributed by atoms with Gasteiger partial charge in [0.25, 0.3) is 0 Å². The minimum Gasteiger partial charge on any atom is -0.393 e. The number of aldehydes is 2. The van der Waals surface area contributed by atoms with Crippen LogP contribution in [0.2, 0.25) is 0 Å². The minimum absolute atomic E-state index is 0.329. The third-order valence-electron chi connectivity index (χ3n) is 2.05. The normalized spacial score (nSPS) is 32.5. The minimum atomic E-state index is -1.56. The van der Waals surface area contributed by atoms with Crippen molar-refractivity contribution in [2.24, 2.45) is 5.92 Å². The van der Waals surface area contributed by atoms with Crippen molar-refractivity contribution >= 4 is 12.6 Å². The number of rotatable bonds is 3. The van der Waals surface area contributed by atoms with Crippen LogP contribution in [0.25, 0.3) is 0 Å². The molecule has 70 valence electrons. The Kier molecular flexibility index (Phi) is 2.75. The van der Waals surface area contributed by atoms with Crippen molar-refractivity contribution in [3.63, 3.8) is 0 Å². The molecule has 2 N–H and O–H groups in total. The Morgan fingerprint density at radius 1 is 1.54 bits per heavy atom. The monoisotopic (exact) mass is 182 g/mol. The fraction of sp³-hybridized carbons (Fsp3) is 0.333. The molecule has 0 spiro atoms.